The van der Waals surface area contributed by atoms with Crippen LogP contribution in [0.2, 0.25) is 0 Å². The molecule has 0 saturated carbocycles. The van der Waals surface area contributed by atoms with Crippen LogP contribution in [0.5, 0.6) is 0 Å². The number of hydrogen-bond acceptors (Lipinski definition) is 4. The molecule has 31 heavy (non-hydrogen) atoms. The van der Waals surface area contributed by atoms with Gasteiger partial charge in [0.05, 0.1) is 5.52 Å². The molecular formula is C24H24N4O3. The van der Waals surface area contributed by atoms with E-state index in [-0.39, 0.29) is 12.5 Å². The zero-order chi connectivity index (χ0) is 22.0. The number of imide groups is 1. The summed E-state index contributed by atoms with van der Waals surface area (Å²) in [5.41, 5.74) is 2.49. The minimum Gasteiger partial charge on any atom is -0.354 e. The van der Waals surface area contributed by atoms with E-state index in [1.54, 1.807) is 13.1 Å². The molecule has 1 atom stereocenters. The van der Waals surface area contributed by atoms with Gasteiger partial charge in [-0.25, -0.2) is 4.79 Å². The number of para-hydroxylation sites is 1. The number of urea groups is 1. The summed E-state index contributed by atoms with van der Waals surface area (Å²) in [7, 11) is 0. The van der Waals surface area contributed by atoms with Crippen molar-refractivity contribution < 1.29 is 14.4 Å². The second kappa shape index (κ2) is 8.18. The highest BCUT2D eigenvalue weighted by Crippen LogP contribution is 2.28. The molecule has 1 fully saturated rings. The summed E-state index contributed by atoms with van der Waals surface area (Å²) in [6.45, 7) is 3.67. The average molecular weight is 416 g/mol. The van der Waals surface area contributed by atoms with Crippen LogP contribution in [0.1, 0.15) is 23.6 Å². The maximum Gasteiger partial charge on any atom is 0.325 e. The number of benzene rings is 2. The molecule has 1 aliphatic heterocycles. The van der Waals surface area contributed by atoms with Crippen molar-refractivity contribution in [1.82, 2.24) is 20.5 Å². The van der Waals surface area contributed by atoms with E-state index in [9.17, 15) is 14.4 Å². The Morgan fingerprint density at radius 3 is 2.61 bits per heavy atom. The standard InChI is InChI=1S/C24H24N4O3/c1-16-8-10-19(11-9-16)24(2)22(30)28(23(31)27-24)15-20(29)25-14-12-18-6-3-5-17-7-4-13-26-21(17)18/h3-11,13H,12,14-15H2,1-2H3,(H,25,29)(H,27,31)/t24-/m0/s1. The molecular weight excluding hydrogens is 392 g/mol. The molecule has 0 spiro atoms. The Kier molecular flexibility index (Phi) is 5.42. The maximum atomic E-state index is 13.0. The number of carbonyl (C=O) groups excluding carboxylic acids is 3. The Morgan fingerprint density at radius 2 is 1.84 bits per heavy atom. The van der Waals surface area contributed by atoms with E-state index < -0.39 is 17.5 Å². The van der Waals surface area contributed by atoms with Crippen molar-refractivity contribution in [2.45, 2.75) is 25.8 Å². The summed E-state index contributed by atoms with van der Waals surface area (Å²) < 4.78 is 0. The number of fused-ring (bicyclic) bond motifs is 1. The molecule has 158 valence electrons. The Bertz CT molecular complexity index is 1150. The van der Waals surface area contributed by atoms with Gasteiger partial charge in [0.15, 0.2) is 0 Å². The SMILES string of the molecule is Cc1ccc([C@]2(C)NC(=O)N(CC(=O)NCCc3cccc4cccnc34)C2=O)cc1. The molecule has 1 aliphatic rings. The number of aromatic nitrogens is 1. The Balaban J connectivity index is 1.37. The third kappa shape index (κ3) is 3.99. The van der Waals surface area contributed by atoms with Gasteiger partial charge in [-0.3, -0.25) is 19.5 Å². The number of pyridine rings is 1. The Hall–Kier alpha value is -3.74. The second-order valence-electron chi connectivity index (χ2n) is 7.90. The van der Waals surface area contributed by atoms with Gasteiger partial charge in [-0.05, 0) is 37.5 Å². The van der Waals surface area contributed by atoms with Gasteiger partial charge in [0.1, 0.15) is 12.1 Å². The van der Waals surface area contributed by atoms with Gasteiger partial charge in [-0.2, -0.15) is 0 Å². The highest BCUT2D eigenvalue weighted by atomic mass is 16.2. The Morgan fingerprint density at radius 1 is 1.10 bits per heavy atom. The second-order valence-corrected chi connectivity index (χ2v) is 7.90. The first kappa shape index (κ1) is 20.5. The molecule has 0 unspecified atom stereocenters. The van der Waals surface area contributed by atoms with E-state index in [1.165, 1.54) is 0 Å². The van der Waals surface area contributed by atoms with Gasteiger partial charge in [-0.15, -0.1) is 0 Å². The van der Waals surface area contributed by atoms with Crippen molar-refractivity contribution in [2.24, 2.45) is 0 Å². The van der Waals surface area contributed by atoms with E-state index >= 15 is 0 Å². The number of rotatable bonds is 6. The first-order valence-electron chi connectivity index (χ1n) is 10.2. The first-order valence-corrected chi connectivity index (χ1v) is 10.2. The Labute approximate surface area is 180 Å². The number of amides is 4. The minimum atomic E-state index is -1.18. The van der Waals surface area contributed by atoms with Gasteiger partial charge >= 0.3 is 6.03 Å². The van der Waals surface area contributed by atoms with Gasteiger partial charge in [-0.1, -0.05) is 54.1 Å². The molecule has 3 aromatic rings. The lowest BCUT2D eigenvalue weighted by Crippen LogP contribution is -2.43. The highest BCUT2D eigenvalue weighted by molar-refractivity contribution is 6.09. The zero-order valence-electron chi connectivity index (χ0n) is 17.5. The van der Waals surface area contributed by atoms with Crippen LogP contribution in [0.25, 0.3) is 10.9 Å². The summed E-state index contributed by atoms with van der Waals surface area (Å²) in [5, 5.41) is 6.56. The van der Waals surface area contributed by atoms with Crippen molar-refractivity contribution >= 4 is 28.7 Å². The fourth-order valence-electron chi connectivity index (χ4n) is 3.83. The third-order valence-electron chi connectivity index (χ3n) is 5.64. The van der Waals surface area contributed by atoms with E-state index in [2.05, 4.69) is 15.6 Å². The van der Waals surface area contributed by atoms with E-state index in [1.807, 2.05) is 61.5 Å². The molecule has 2 aromatic carbocycles. The molecule has 1 saturated heterocycles. The lowest BCUT2D eigenvalue weighted by molar-refractivity contribution is -0.134. The van der Waals surface area contributed by atoms with Crippen LogP contribution >= 0.6 is 0 Å². The van der Waals surface area contributed by atoms with Gasteiger partial charge in [0, 0.05) is 18.1 Å². The maximum absolute atomic E-state index is 13.0. The lowest BCUT2D eigenvalue weighted by Gasteiger charge is -2.22. The molecule has 4 amide bonds. The first-order chi connectivity index (χ1) is 14.9. The fourth-order valence-corrected chi connectivity index (χ4v) is 3.83. The van der Waals surface area contributed by atoms with Gasteiger partial charge in [0.25, 0.3) is 5.91 Å². The molecule has 7 heteroatoms. The zero-order valence-corrected chi connectivity index (χ0v) is 17.5. The number of carbonyl (C=O) groups is 3. The van der Waals surface area contributed by atoms with Crippen molar-refractivity contribution in [3.63, 3.8) is 0 Å². The van der Waals surface area contributed by atoms with Crippen LogP contribution in [-0.4, -0.2) is 40.8 Å². The number of nitrogens with zero attached hydrogens (tertiary/aromatic N) is 2. The van der Waals surface area contributed by atoms with E-state index in [4.69, 9.17) is 0 Å². The average Bonchev–Trinajstić information content (AvgIpc) is 2.98. The van der Waals surface area contributed by atoms with Gasteiger partial charge < -0.3 is 10.6 Å². The number of hydrogen-bond donors (Lipinski definition) is 2. The fraction of sp³-hybridized carbons (Fsp3) is 0.250. The summed E-state index contributed by atoms with van der Waals surface area (Å²) in [6.07, 6.45) is 2.34. The smallest absolute Gasteiger partial charge is 0.325 e. The van der Waals surface area contributed by atoms with E-state index in [0.29, 0.717) is 18.5 Å². The summed E-state index contributed by atoms with van der Waals surface area (Å²) in [4.78, 5) is 43.2. The lowest BCUT2D eigenvalue weighted by atomic mass is 9.91. The van der Waals surface area contributed by atoms with E-state index in [0.717, 1.165) is 26.9 Å². The van der Waals surface area contributed by atoms with Crippen LogP contribution in [-0.2, 0) is 21.5 Å². The summed E-state index contributed by atoms with van der Waals surface area (Å²) in [5.74, 6) is -0.820. The van der Waals surface area contributed by atoms with Crippen LogP contribution in [0.15, 0.2) is 60.8 Å². The molecule has 0 aliphatic carbocycles. The molecule has 0 bridgehead atoms. The highest BCUT2D eigenvalue weighted by Gasteiger charge is 2.49. The molecule has 7 nitrogen and oxygen atoms in total. The minimum absolute atomic E-state index is 0.320. The van der Waals surface area contributed by atoms with Crippen LogP contribution in [0.3, 0.4) is 0 Å². The van der Waals surface area contributed by atoms with Crippen LogP contribution in [0, 0.1) is 6.92 Å². The molecule has 1 aromatic heterocycles. The summed E-state index contributed by atoms with van der Waals surface area (Å²) >= 11 is 0. The van der Waals surface area contributed by atoms with Crippen molar-refractivity contribution in [2.75, 3.05) is 13.1 Å². The molecule has 2 N–H and O–H groups in total. The van der Waals surface area contributed by atoms with Gasteiger partial charge in [0.2, 0.25) is 5.91 Å². The monoisotopic (exact) mass is 416 g/mol. The molecule has 0 radical (unpaired) electrons. The molecule has 2 heterocycles. The predicted molar refractivity (Wildman–Crippen MR) is 117 cm³/mol. The number of nitrogens with one attached hydrogen (secondary N) is 2. The van der Waals surface area contributed by atoms with Crippen molar-refractivity contribution in [3.05, 3.63) is 77.5 Å². The third-order valence-corrected chi connectivity index (χ3v) is 5.64. The quantitative estimate of drug-likeness (QED) is 0.605. The topological polar surface area (TPSA) is 91.4 Å². The normalized spacial score (nSPS) is 18.3. The largest absolute Gasteiger partial charge is 0.354 e. The van der Waals surface area contributed by atoms with Crippen LogP contribution < -0.4 is 10.6 Å². The number of aryl methyl sites for hydroxylation is 1. The summed E-state index contributed by atoms with van der Waals surface area (Å²) in [6, 6.07) is 16.6. The predicted octanol–water partition coefficient (Wildman–Crippen LogP) is 2.67. The van der Waals surface area contributed by atoms with Crippen molar-refractivity contribution in [3.8, 4) is 0 Å². The van der Waals surface area contributed by atoms with Crippen molar-refractivity contribution in [1.29, 1.82) is 0 Å². The van der Waals surface area contributed by atoms with Crippen LogP contribution in [0.4, 0.5) is 4.79 Å². The molecule has 4 rings (SSSR count).